The zero-order valence-electron chi connectivity index (χ0n) is 15.2. The average molecular weight is 422 g/mol. The molecule has 0 aliphatic carbocycles. The Kier molecular flexibility index (Phi) is 6.32. The predicted octanol–water partition coefficient (Wildman–Crippen LogP) is 3.66. The van der Waals surface area contributed by atoms with Gasteiger partial charge in [-0.3, -0.25) is 19.3 Å². The quantitative estimate of drug-likeness (QED) is 0.685. The van der Waals surface area contributed by atoms with E-state index in [2.05, 4.69) is 10.1 Å². The number of nitrogens with one attached hydrogen (secondary N) is 1. The van der Waals surface area contributed by atoms with Gasteiger partial charge in [-0.15, -0.1) is 0 Å². The van der Waals surface area contributed by atoms with Crippen LogP contribution in [-0.2, 0) is 4.79 Å². The molecule has 3 amide bonds. The highest BCUT2D eigenvalue weighted by Crippen LogP contribution is 2.32. The summed E-state index contributed by atoms with van der Waals surface area (Å²) >= 11 is 0.766. The number of furan rings is 1. The van der Waals surface area contributed by atoms with Gasteiger partial charge in [0.15, 0.2) is 5.76 Å². The number of hydrogen-bond donors (Lipinski definition) is 1. The number of halogens is 2. The first-order valence-corrected chi connectivity index (χ1v) is 9.30. The van der Waals surface area contributed by atoms with Gasteiger partial charge >= 0.3 is 6.61 Å². The molecule has 1 aliphatic rings. The largest absolute Gasteiger partial charge is 0.456 e. The van der Waals surface area contributed by atoms with Crippen LogP contribution in [0.4, 0.5) is 13.6 Å². The maximum atomic E-state index is 12.4. The molecule has 0 bridgehead atoms. The number of imide groups is 1. The summed E-state index contributed by atoms with van der Waals surface area (Å²) in [6.07, 6.45) is 1.49. The van der Waals surface area contributed by atoms with Gasteiger partial charge in [0.25, 0.3) is 17.1 Å². The summed E-state index contributed by atoms with van der Waals surface area (Å²) in [5, 5.41) is 2.13. The van der Waals surface area contributed by atoms with E-state index in [-0.39, 0.29) is 29.5 Å². The van der Waals surface area contributed by atoms with Crippen LogP contribution in [0.25, 0.3) is 6.08 Å². The molecule has 1 aromatic heterocycles. The first kappa shape index (κ1) is 20.6. The third-order valence-corrected chi connectivity index (χ3v) is 4.77. The number of carbonyl (C=O) groups excluding carboxylic acids is 3. The summed E-state index contributed by atoms with van der Waals surface area (Å²) in [6, 6.07) is 8.87. The molecule has 1 aliphatic heterocycles. The van der Waals surface area contributed by atoms with Crippen molar-refractivity contribution < 1.29 is 32.3 Å². The van der Waals surface area contributed by atoms with Gasteiger partial charge < -0.3 is 14.5 Å². The van der Waals surface area contributed by atoms with Crippen LogP contribution in [0.5, 0.6) is 5.75 Å². The van der Waals surface area contributed by atoms with E-state index < -0.39 is 23.7 Å². The van der Waals surface area contributed by atoms with Crippen molar-refractivity contribution >= 4 is 34.9 Å². The number of hydrogen-bond acceptors (Lipinski definition) is 6. The van der Waals surface area contributed by atoms with E-state index >= 15 is 0 Å². The third kappa shape index (κ3) is 5.23. The van der Waals surface area contributed by atoms with E-state index in [1.807, 2.05) is 0 Å². The minimum atomic E-state index is -2.92. The van der Waals surface area contributed by atoms with Crippen LogP contribution in [0, 0.1) is 6.92 Å². The number of alkyl halides is 2. The Labute approximate surface area is 168 Å². The maximum Gasteiger partial charge on any atom is 0.387 e. The van der Waals surface area contributed by atoms with Gasteiger partial charge in [0.05, 0.1) is 4.91 Å². The van der Waals surface area contributed by atoms with E-state index in [0.717, 1.165) is 16.7 Å². The fourth-order valence-electron chi connectivity index (χ4n) is 2.51. The number of carbonyl (C=O) groups is 3. The molecule has 29 heavy (non-hydrogen) atoms. The summed E-state index contributed by atoms with van der Waals surface area (Å²) in [4.78, 5) is 37.7. The standard InChI is InChI=1S/C19H16F2N2O5S/c1-11-2-7-14(27-11)16(24)22-8-9-23-17(25)15(29-19(23)26)10-12-3-5-13(6-4-12)28-18(20)21/h2-7,10,18H,8-9H2,1H3,(H,22,24). The highest BCUT2D eigenvalue weighted by atomic mass is 32.2. The molecule has 0 spiro atoms. The van der Waals surface area contributed by atoms with Gasteiger partial charge in [-0.2, -0.15) is 8.78 Å². The minimum Gasteiger partial charge on any atom is -0.456 e. The van der Waals surface area contributed by atoms with Crippen molar-refractivity contribution in [1.82, 2.24) is 10.2 Å². The summed E-state index contributed by atoms with van der Waals surface area (Å²) < 4.78 is 33.8. The lowest BCUT2D eigenvalue weighted by molar-refractivity contribution is -0.122. The molecule has 1 fully saturated rings. The minimum absolute atomic E-state index is 0.00672. The van der Waals surface area contributed by atoms with Crippen LogP contribution in [-0.4, -0.2) is 41.7 Å². The Morgan fingerprint density at radius 1 is 1.24 bits per heavy atom. The Morgan fingerprint density at radius 3 is 2.59 bits per heavy atom. The van der Waals surface area contributed by atoms with E-state index in [9.17, 15) is 23.2 Å². The average Bonchev–Trinajstić information content (AvgIpc) is 3.21. The second-order valence-electron chi connectivity index (χ2n) is 5.95. The van der Waals surface area contributed by atoms with E-state index in [1.165, 1.54) is 36.4 Å². The molecule has 7 nitrogen and oxygen atoms in total. The highest BCUT2D eigenvalue weighted by molar-refractivity contribution is 8.18. The second kappa shape index (κ2) is 8.91. The fourth-order valence-corrected chi connectivity index (χ4v) is 3.38. The van der Waals surface area contributed by atoms with Gasteiger partial charge in [0.2, 0.25) is 0 Å². The number of aryl methyl sites for hydroxylation is 1. The van der Waals surface area contributed by atoms with E-state index in [0.29, 0.717) is 11.3 Å². The topological polar surface area (TPSA) is 88.9 Å². The zero-order chi connectivity index (χ0) is 21.0. The first-order chi connectivity index (χ1) is 13.8. The lowest BCUT2D eigenvalue weighted by Gasteiger charge is -2.12. The Hall–Kier alpha value is -3.14. The second-order valence-corrected chi connectivity index (χ2v) is 6.94. The Morgan fingerprint density at radius 2 is 1.97 bits per heavy atom. The summed E-state index contributed by atoms with van der Waals surface area (Å²) in [5.74, 6) is -0.189. The van der Waals surface area contributed by atoms with Crippen LogP contribution in [0.3, 0.4) is 0 Å². The SMILES string of the molecule is Cc1ccc(C(=O)NCCN2C(=O)SC(=Cc3ccc(OC(F)F)cc3)C2=O)o1. The molecule has 0 atom stereocenters. The van der Waals surface area contributed by atoms with Crippen molar-refractivity contribution in [2.75, 3.05) is 13.1 Å². The van der Waals surface area contributed by atoms with Crippen molar-refractivity contribution in [1.29, 1.82) is 0 Å². The van der Waals surface area contributed by atoms with Crippen LogP contribution >= 0.6 is 11.8 Å². The Balaban J connectivity index is 1.57. The molecule has 3 rings (SSSR count). The monoisotopic (exact) mass is 422 g/mol. The smallest absolute Gasteiger partial charge is 0.387 e. The molecule has 2 heterocycles. The summed E-state index contributed by atoms with van der Waals surface area (Å²) in [5.41, 5.74) is 0.554. The highest BCUT2D eigenvalue weighted by Gasteiger charge is 2.34. The normalized spacial score (nSPS) is 15.4. The maximum absolute atomic E-state index is 12.4. The number of thioether (sulfide) groups is 1. The number of ether oxygens (including phenoxy) is 1. The van der Waals surface area contributed by atoms with Crippen molar-refractivity contribution in [3.8, 4) is 5.75 Å². The van der Waals surface area contributed by atoms with Crippen molar-refractivity contribution in [3.05, 3.63) is 58.4 Å². The molecular formula is C19H16F2N2O5S. The number of benzene rings is 1. The molecule has 10 heteroatoms. The van der Waals surface area contributed by atoms with Crippen molar-refractivity contribution in [2.45, 2.75) is 13.5 Å². The predicted molar refractivity (Wildman–Crippen MR) is 102 cm³/mol. The van der Waals surface area contributed by atoms with Crippen LogP contribution in [0.1, 0.15) is 21.9 Å². The van der Waals surface area contributed by atoms with Crippen LogP contribution in [0.2, 0.25) is 0 Å². The van der Waals surface area contributed by atoms with Crippen LogP contribution in [0.15, 0.2) is 45.7 Å². The molecule has 1 N–H and O–H groups in total. The first-order valence-electron chi connectivity index (χ1n) is 8.48. The molecule has 152 valence electrons. The summed E-state index contributed by atoms with van der Waals surface area (Å²) in [6.45, 7) is -1.13. The molecular weight excluding hydrogens is 406 g/mol. The lowest BCUT2D eigenvalue weighted by atomic mass is 10.2. The van der Waals surface area contributed by atoms with Crippen molar-refractivity contribution in [2.24, 2.45) is 0 Å². The van der Waals surface area contributed by atoms with Gasteiger partial charge in [-0.1, -0.05) is 12.1 Å². The van der Waals surface area contributed by atoms with Crippen LogP contribution < -0.4 is 10.1 Å². The number of amides is 3. The number of nitrogens with zero attached hydrogens (tertiary/aromatic N) is 1. The van der Waals surface area contributed by atoms with Gasteiger partial charge in [0.1, 0.15) is 11.5 Å². The molecule has 2 aromatic rings. The van der Waals surface area contributed by atoms with E-state index in [4.69, 9.17) is 4.42 Å². The molecule has 0 unspecified atom stereocenters. The molecule has 1 saturated heterocycles. The number of rotatable bonds is 7. The van der Waals surface area contributed by atoms with Gasteiger partial charge in [-0.05, 0) is 54.6 Å². The fraction of sp³-hybridized carbons (Fsp3) is 0.211. The molecule has 1 aromatic carbocycles. The van der Waals surface area contributed by atoms with E-state index in [1.54, 1.807) is 13.0 Å². The zero-order valence-corrected chi connectivity index (χ0v) is 16.0. The summed E-state index contributed by atoms with van der Waals surface area (Å²) in [7, 11) is 0. The van der Waals surface area contributed by atoms with Gasteiger partial charge in [0, 0.05) is 13.1 Å². The Bertz CT molecular complexity index is 956. The van der Waals surface area contributed by atoms with Gasteiger partial charge in [-0.25, -0.2) is 0 Å². The molecule has 0 radical (unpaired) electrons. The van der Waals surface area contributed by atoms with Crippen molar-refractivity contribution in [3.63, 3.8) is 0 Å². The molecule has 0 saturated carbocycles. The lowest BCUT2D eigenvalue weighted by Crippen LogP contribution is -2.37. The third-order valence-electron chi connectivity index (χ3n) is 3.86.